The largest absolute Gasteiger partial charge is 0.490 e. The molecule has 2 aliphatic heterocycles. The maximum Gasteiger partial charge on any atom is 0.490 e. The maximum atomic E-state index is 12.5. The molecule has 1 spiro atoms. The number of amides is 1. The van der Waals surface area contributed by atoms with Crippen molar-refractivity contribution in [2.75, 3.05) is 39.4 Å². The number of carboxylic acids is 1. The molecule has 2 saturated heterocycles. The van der Waals surface area contributed by atoms with E-state index in [1.165, 1.54) is 11.1 Å². The fraction of sp³-hybridized carbons (Fsp3) is 0.636. The number of likely N-dealkylation sites (tertiary alicyclic amines) is 1. The van der Waals surface area contributed by atoms with E-state index in [0.717, 1.165) is 39.3 Å². The number of rotatable bonds is 4. The van der Waals surface area contributed by atoms with Gasteiger partial charge in [-0.15, -0.1) is 0 Å². The zero-order valence-electron chi connectivity index (χ0n) is 18.2. The second kappa shape index (κ2) is 10.5. The van der Waals surface area contributed by atoms with Crippen molar-refractivity contribution in [3.8, 4) is 0 Å². The standard InChI is InChI=1S/C20H30N2O2.C2HF3O2/c1-16(2)11-22-14-20(10-19(22)23)13-21(7-8-24-15-20)12-18-6-4-5-17(3)9-18;3-2(4,5)1(6)7/h4-6,9,16H,7-8,10-15H2,1-3H3;(H,6,7). The lowest BCUT2D eigenvalue weighted by molar-refractivity contribution is -0.192. The van der Waals surface area contributed by atoms with Gasteiger partial charge >= 0.3 is 12.1 Å². The summed E-state index contributed by atoms with van der Waals surface area (Å²) in [5, 5.41) is 7.12. The van der Waals surface area contributed by atoms with Crippen LogP contribution in [-0.4, -0.2) is 72.4 Å². The van der Waals surface area contributed by atoms with Crippen LogP contribution in [0.15, 0.2) is 24.3 Å². The first-order valence-corrected chi connectivity index (χ1v) is 10.3. The van der Waals surface area contributed by atoms with Gasteiger partial charge < -0.3 is 14.7 Å². The third-order valence-corrected chi connectivity index (χ3v) is 5.24. The summed E-state index contributed by atoms with van der Waals surface area (Å²) in [4.78, 5) is 25.9. The maximum absolute atomic E-state index is 12.5. The highest BCUT2D eigenvalue weighted by atomic mass is 19.4. The van der Waals surface area contributed by atoms with Crippen molar-refractivity contribution in [2.24, 2.45) is 11.3 Å². The molecule has 31 heavy (non-hydrogen) atoms. The van der Waals surface area contributed by atoms with E-state index in [2.05, 4.69) is 49.9 Å². The van der Waals surface area contributed by atoms with E-state index in [9.17, 15) is 18.0 Å². The molecule has 0 aliphatic carbocycles. The van der Waals surface area contributed by atoms with Crippen molar-refractivity contribution in [1.29, 1.82) is 0 Å². The van der Waals surface area contributed by atoms with Gasteiger partial charge in [0.2, 0.25) is 5.91 Å². The minimum Gasteiger partial charge on any atom is -0.475 e. The Kier molecular flexibility index (Phi) is 8.48. The number of carbonyl (C=O) groups is 2. The highest BCUT2D eigenvalue weighted by Gasteiger charge is 2.45. The van der Waals surface area contributed by atoms with E-state index in [-0.39, 0.29) is 5.41 Å². The van der Waals surface area contributed by atoms with Crippen LogP contribution < -0.4 is 0 Å². The first-order chi connectivity index (χ1) is 14.4. The summed E-state index contributed by atoms with van der Waals surface area (Å²) in [6.07, 6.45) is -4.45. The number of benzene rings is 1. The lowest BCUT2D eigenvalue weighted by atomic mass is 9.87. The lowest BCUT2D eigenvalue weighted by Crippen LogP contribution is -2.41. The van der Waals surface area contributed by atoms with E-state index < -0.39 is 12.1 Å². The molecule has 2 aliphatic rings. The Balaban J connectivity index is 0.000000423. The van der Waals surface area contributed by atoms with E-state index >= 15 is 0 Å². The number of alkyl halides is 3. The summed E-state index contributed by atoms with van der Waals surface area (Å²) >= 11 is 0. The number of hydrogen-bond acceptors (Lipinski definition) is 4. The molecule has 2 heterocycles. The molecule has 1 N–H and O–H groups in total. The first kappa shape index (κ1) is 25.1. The Morgan fingerprint density at radius 3 is 2.55 bits per heavy atom. The lowest BCUT2D eigenvalue weighted by Gasteiger charge is -2.31. The van der Waals surface area contributed by atoms with E-state index in [0.29, 0.717) is 24.9 Å². The fourth-order valence-corrected chi connectivity index (χ4v) is 4.08. The molecule has 1 aromatic rings. The SMILES string of the molecule is Cc1cccc(CN2CCOCC3(CC(=O)N(CC(C)C)C3)C2)c1.O=C(O)C(F)(F)F. The summed E-state index contributed by atoms with van der Waals surface area (Å²) in [5.74, 6) is -1.95. The first-order valence-electron chi connectivity index (χ1n) is 10.3. The highest BCUT2D eigenvalue weighted by molar-refractivity contribution is 5.79. The molecule has 1 aromatic carbocycles. The van der Waals surface area contributed by atoms with Gasteiger partial charge in [0.25, 0.3) is 0 Å². The van der Waals surface area contributed by atoms with Crippen molar-refractivity contribution in [2.45, 2.75) is 39.9 Å². The third-order valence-electron chi connectivity index (χ3n) is 5.24. The Bertz CT molecular complexity index is 769. The van der Waals surface area contributed by atoms with Crippen molar-refractivity contribution in [3.63, 3.8) is 0 Å². The zero-order valence-corrected chi connectivity index (χ0v) is 18.2. The van der Waals surface area contributed by atoms with Crippen LogP contribution in [0.3, 0.4) is 0 Å². The molecule has 0 aromatic heterocycles. The average Bonchev–Trinajstić information content (AvgIpc) is 2.80. The van der Waals surface area contributed by atoms with Crippen LogP contribution in [0.5, 0.6) is 0 Å². The monoisotopic (exact) mass is 444 g/mol. The van der Waals surface area contributed by atoms with Crippen molar-refractivity contribution < 1.29 is 32.6 Å². The summed E-state index contributed by atoms with van der Waals surface area (Å²) in [7, 11) is 0. The normalized spacial score (nSPS) is 22.4. The third kappa shape index (κ3) is 7.81. The molecule has 2 fully saturated rings. The van der Waals surface area contributed by atoms with Gasteiger partial charge in [0.15, 0.2) is 0 Å². The molecule has 0 radical (unpaired) electrons. The molecule has 0 saturated carbocycles. The van der Waals surface area contributed by atoms with Crippen molar-refractivity contribution in [1.82, 2.24) is 9.80 Å². The molecule has 1 atom stereocenters. The summed E-state index contributed by atoms with van der Waals surface area (Å²) < 4.78 is 37.6. The smallest absolute Gasteiger partial charge is 0.475 e. The van der Waals surface area contributed by atoms with Crippen LogP contribution in [0.2, 0.25) is 0 Å². The van der Waals surface area contributed by atoms with Gasteiger partial charge in [0, 0.05) is 44.6 Å². The van der Waals surface area contributed by atoms with Crippen LogP contribution >= 0.6 is 0 Å². The predicted octanol–water partition coefficient (Wildman–Crippen LogP) is 3.34. The number of carbonyl (C=O) groups excluding carboxylic acids is 1. The Labute approximate surface area is 181 Å². The average molecular weight is 444 g/mol. The van der Waals surface area contributed by atoms with Crippen LogP contribution in [0.4, 0.5) is 13.2 Å². The number of nitrogens with zero attached hydrogens (tertiary/aromatic N) is 2. The number of ether oxygens (including phenoxy) is 1. The van der Waals surface area contributed by atoms with Gasteiger partial charge in [-0.25, -0.2) is 4.79 Å². The molecule has 1 unspecified atom stereocenters. The number of aryl methyl sites for hydroxylation is 1. The van der Waals surface area contributed by atoms with Crippen molar-refractivity contribution >= 4 is 11.9 Å². The minimum absolute atomic E-state index is 0.0354. The van der Waals surface area contributed by atoms with Gasteiger partial charge in [-0.1, -0.05) is 43.7 Å². The van der Waals surface area contributed by atoms with Crippen LogP contribution in [-0.2, 0) is 20.9 Å². The van der Waals surface area contributed by atoms with Gasteiger partial charge in [-0.05, 0) is 18.4 Å². The van der Waals surface area contributed by atoms with Crippen LogP contribution in [0.1, 0.15) is 31.4 Å². The van der Waals surface area contributed by atoms with Crippen LogP contribution in [0.25, 0.3) is 0 Å². The topological polar surface area (TPSA) is 70.1 Å². The predicted molar refractivity (Wildman–Crippen MR) is 109 cm³/mol. The summed E-state index contributed by atoms with van der Waals surface area (Å²) in [6, 6.07) is 8.70. The van der Waals surface area contributed by atoms with Crippen LogP contribution in [0, 0.1) is 18.3 Å². The van der Waals surface area contributed by atoms with Gasteiger partial charge in [0.1, 0.15) is 0 Å². The van der Waals surface area contributed by atoms with Gasteiger partial charge in [-0.2, -0.15) is 13.2 Å². The van der Waals surface area contributed by atoms with Gasteiger partial charge in [0.05, 0.1) is 13.2 Å². The molecular weight excluding hydrogens is 413 g/mol. The van der Waals surface area contributed by atoms with Gasteiger partial charge in [-0.3, -0.25) is 9.69 Å². The molecule has 3 rings (SSSR count). The Morgan fingerprint density at radius 2 is 1.97 bits per heavy atom. The van der Waals surface area contributed by atoms with E-state index in [1.54, 1.807) is 0 Å². The number of hydrogen-bond donors (Lipinski definition) is 1. The molecule has 1 amide bonds. The molecular formula is C22H31F3N2O4. The molecule has 0 bridgehead atoms. The number of carboxylic acid groups (broad SMARTS) is 1. The second-order valence-corrected chi connectivity index (χ2v) is 8.90. The molecule has 9 heteroatoms. The Morgan fingerprint density at radius 1 is 1.29 bits per heavy atom. The Hall–Kier alpha value is -2.13. The number of halogens is 3. The fourth-order valence-electron chi connectivity index (χ4n) is 4.08. The molecule has 6 nitrogen and oxygen atoms in total. The quantitative estimate of drug-likeness (QED) is 0.772. The minimum atomic E-state index is -5.08. The van der Waals surface area contributed by atoms with E-state index in [4.69, 9.17) is 14.6 Å². The molecule has 174 valence electrons. The second-order valence-electron chi connectivity index (χ2n) is 8.90. The van der Waals surface area contributed by atoms with Crippen molar-refractivity contribution in [3.05, 3.63) is 35.4 Å². The zero-order chi connectivity index (χ0) is 23.2. The highest BCUT2D eigenvalue weighted by Crippen LogP contribution is 2.35. The van der Waals surface area contributed by atoms with E-state index in [1.807, 2.05) is 4.90 Å². The number of aliphatic carboxylic acids is 1. The summed E-state index contributed by atoms with van der Waals surface area (Å²) in [5.41, 5.74) is 2.61. The summed E-state index contributed by atoms with van der Waals surface area (Å²) in [6.45, 7) is 12.5.